The highest BCUT2D eigenvalue weighted by atomic mass is 35.5. The topological polar surface area (TPSA) is 48.5 Å². The van der Waals surface area contributed by atoms with Crippen molar-refractivity contribution in [1.29, 1.82) is 0 Å². The maximum absolute atomic E-state index is 13.0. The predicted molar refractivity (Wildman–Crippen MR) is 122 cm³/mol. The molecule has 0 bridgehead atoms. The van der Waals surface area contributed by atoms with Gasteiger partial charge in [0.2, 0.25) is 0 Å². The quantitative estimate of drug-likeness (QED) is 0.694. The van der Waals surface area contributed by atoms with E-state index in [1.165, 1.54) is 12.0 Å². The molecule has 7 heteroatoms. The average molecular weight is 447 g/mol. The van der Waals surface area contributed by atoms with Gasteiger partial charge in [0, 0.05) is 45.0 Å². The second-order valence-corrected chi connectivity index (χ2v) is 9.01. The monoisotopic (exact) mass is 446 g/mol. The maximum Gasteiger partial charge on any atom is 0.257 e. The van der Waals surface area contributed by atoms with Gasteiger partial charge in [-0.05, 0) is 61.9 Å². The maximum atomic E-state index is 13.0. The predicted octanol–water partition coefficient (Wildman–Crippen LogP) is 5.09. The Morgan fingerprint density at radius 1 is 1.03 bits per heavy atom. The van der Waals surface area contributed by atoms with E-state index < -0.39 is 0 Å². The minimum Gasteiger partial charge on any atom is -0.367 e. The van der Waals surface area contributed by atoms with Gasteiger partial charge < -0.3 is 10.2 Å². The summed E-state index contributed by atoms with van der Waals surface area (Å²) >= 11 is 12.2. The first-order valence-electron chi connectivity index (χ1n) is 10.8. The zero-order chi connectivity index (χ0) is 20.9. The number of hydrogen-bond donors (Lipinski definition) is 1. The molecular weight excluding hydrogens is 419 g/mol. The van der Waals surface area contributed by atoms with Crippen LogP contribution in [0, 0.1) is 0 Å². The van der Waals surface area contributed by atoms with Crippen molar-refractivity contribution in [3.05, 3.63) is 57.7 Å². The van der Waals surface area contributed by atoms with Crippen molar-refractivity contribution in [2.24, 2.45) is 0 Å². The van der Waals surface area contributed by atoms with Crippen LogP contribution in [0.3, 0.4) is 0 Å². The highest BCUT2D eigenvalue weighted by Crippen LogP contribution is 2.25. The van der Waals surface area contributed by atoms with Gasteiger partial charge in [0.05, 0.1) is 15.6 Å². The number of aromatic nitrogens is 1. The Kier molecular flexibility index (Phi) is 7.13. The molecule has 1 N–H and O–H groups in total. The molecule has 0 radical (unpaired) electrons. The van der Waals surface area contributed by atoms with E-state index in [4.69, 9.17) is 23.2 Å². The van der Waals surface area contributed by atoms with E-state index in [0.29, 0.717) is 21.7 Å². The smallest absolute Gasteiger partial charge is 0.257 e. The number of carbonyl (C=O) groups is 1. The molecule has 3 heterocycles. The van der Waals surface area contributed by atoms with Gasteiger partial charge in [-0.1, -0.05) is 29.3 Å². The normalized spacial score (nSPS) is 18.4. The average Bonchev–Trinajstić information content (AvgIpc) is 2.78. The summed E-state index contributed by atoms with van der Waals surface area (Å²) < 4.78 is 0. The standard InChI is InChI=1S/C23H28Cl2N4O/c24-20-7-6-17(15-21(20)25)16-28-13-8-18(9-14-28)27-22-19(5-4-10-26-22)23(30)29-11-2-1-3-12-29/h4-7,10,15,18H,1-3,8-9,11-14,16H2,(H,26,27). The number of pyridine rings is 1. The van der Waals surface area contributed by atoms with Crippen molar-refractivity contribution in [3.63, 3.8) is 0 Å². The Balaban J connectivity index is 1.34. The molecule has 1 amide bonds. The molecule has 0 unspecified atom stereocenters. The van der Waals surface area contributed by atoms with E-state index in [2.05, 4.69) is 15.2 Å². The molecule has 1 aromatic heterocycles. The lowest BCUT2D eigenvalue weighted by molar-refractivity contribution is 0.0725. The van der Waals surface area contributed by atoms with Crippen LogP contribution in [0.2, 0.25) is 10.0 Å². The van der Waals surface area contributed by atoms with Gasteiger partial charge in [-0.3, -0.25) is 9.69 Å². The third-order valence-corrected chi connectivity index (χ3v) is 6.74. The van der Waals surface area contributed by atoms with Gasteiger partial charge in [0.1, 0.15) is 5.82 Å². The Hall–Kier alpha value is -1.82. The zero-order valence-corrected chi connectivity index (χ0v) is 18.6. The first kappa shape index (κ1) is 21.4. The molecule has 0 saturated carbocycles. The summed E-state index contributed by atoms with van der Waals surface area (Å²) in [7, 11) is 0. The molecule has 1 aromatic carbocycles. The first-order chi connectivity index (χ1) is 14.6. The molecule has 2 aliphatic heterocycles. The Bertz CT molecular complexity index is 877. The molecule has 5 nitrogen and oxygen atoms in total. The number of carbonyl (C=O) groups excluding carboxylic acids is 1. The molecule has 2 aromatic rings. The highest BCUT2D eigenvalue weighted by molar-refractivity contribution is 6.42. The fraction of sp³-hybridized carbons (Fsp3) is 0.478. The number of anilines is 1. The van der Waals surface area contributed by atoms with Crippen molar-refractivity contribution in [3.8, 4) is 0 Å². The van der Waals surface area contributed by atoms with Crippen LogP contribution in [0.15, 0.2) is 36.5 Å². The van der Waals surface area contributed by atoms with Crippen LogP contribution < -0.4 is 5.32 Å². The summed E-state index contributed by atoms with van der Waals surface area (Å²) in [4.78, 5) is 21.9. The van der Waals surface area contributed by atoms with E-state index in [1.54, 1.807) is 6.20 Å². The van der Waals surface area contributed by atoms with Crippen molar-refractivity contribution >= 4 is 34.9 Å². The Labute approximate surface area is 188 Å². The lowest BCUT2D eigenvalue weighted by Crippen LogP contribution is -2.40. The van der Waals surface area contributed by atoms with Crippen LogP contribution in [0.4, 0.5) is 5.82 Å². The van der Waals surface area contributed by atoms with Gasteiger partial charge in [-0.15, -0.1) is 0 Å². The number of benzene rings is 1. The van der Waals surface area contributed by atoms with Gasteiger partial charge >= 0.3 is 0 Å². The second kappa shape index (κ2) is 9.99. The van der Waals surface area contributed by atoms with Crippen LogP contribution >= 0.6 is 23.2 Å². The van der Waals surface area contributed by atoms with Crippen LogP contribution in [0.25, 0.3) is 0 Å². The van der Waals surface area contributed by atoms with Crippen molar-refractivity contribution < 1.29 is 4.79 Å². The van der Waals surface area contributed by atoms with Crippen molar-refractivity contribution in [2.45, 2.75) is 44.7 Å². The molecule has 0 spiro atoms. The lowest BCUT2D eigenvalue weighted by Gasteiger charge is -2.33. The van der Waals surface area contributed by atoms with Crippen molar-refractivity contribution in [1.82, 2.24) is 14.8 Å². The zero-order valence-electron chi connectivity index (χ0n) is 17.1. The van der Waals surface area contributed by atoms with Crippen LogP contribution in [0.5, 0.6) is 0 Å². The Morgan fingerprint density at radius 3 is 2.53 bits per heavy atom. The number of nitrogens with one attached hydrogen (secondary N) is 1. The fourth-order valence-electron chi connectivity index (χ4n) is 4.29. The molecule has 2 fully saturated rings. The van der Waals surface area contributed by atoms with Gasteiger partial charge in [0.15, 0.2) is 0 Å². The van der Waals surface area contributed by atoms with Crippen LogP contribution in [-0.4, -0.2) is 52.9 Å². The van der Waals surface area contributed by atoms with E-state index in [1.807, 2.05) is 35.2 Å². The van der Waals surface area contributed by atoms with Gasteiger partial charge in [-0.2, -0.15) is 0 Å². The second-order valence-electron chi connectivity index (χ2n) is 8.20. The van der Waals surface area contributed by atoms with Gasteiger partial charge in [0.25, 0.3) is 5.91 Å². The highest BCUT2D eigenvalue weighted by Gasteiger charge is 2.24. The molecule has 4 rings (SSSR count). The molecule has 2 aliphatic rings. The van der Waals surface area contributed by atoms with Gasteiger partial charge in [-0.25, -0.2) is 4.98 Å². The molecule has 0 aliphatic carbocycles. The SMILES string of the molecule is O=C(c1cccnc1NC1CCN(Cc2ccc(Cl)c(Cl)c2)CC1)N1CCCCC1. The van der Waals surface area contributed by atoms with Crippen LogP contribution in [0.1, 0.15) is 48.0 Å². The summed E-state index contributed by atoms with van der Waals surface area (Å²) in [6.45, 7) is 4.53. The number of rotatable bonds is 5. The molecule has 160 valence electrons. The number of halogens is 2. The summed E-state index contributed by atoms with van der Waals surface area (Å²) in [5.41, 5.74) is 1.87. The third kappa shape index (κ3) is 5.26. The van der Waals surface area contributed by atoms with E-state index in [0.717, 1.165) is 64.2 Å². The van der Waals surface area contributed by atoms with Crippen molar-refractivity contribution in [2.75, 3.05) is 31.5 Å². The number of nitrogens with zero attached hydrogens (tertiary/aromatic N) is 3. The van der Waals surface area contributed by atoms with Crippen LogP contribution in [-0.2, 0) is 6.54 Å². The minimum atomic E-state index is 0.0994. The third-order valence-electron chi connectivity index (χ3n) is 6.00. The van der Waals surface area contributed by atoms with E-state index in [-0.39, 0.29) is 5.91 Å². The Morgan fingerprint density at radius 2 is 1.80 bits per heavy atom. The van der Waals surface area contributed by atoms with E-state index >= 15 is 0 Å². The van der Waals surface area contributed by atoms with E-state index in [9.17, 15) is 4.79 Å². The molecular formula is C23H28Cl2N4O. The first-order valence-corrected chi connectivity index (χ1v) is 11.5. The fourth-order valence-corrected chi connectivity index (χ4v) is 4.61. The number of hydrogen-bond acceptors (Lipinski definition) is 4. The minimum absolute atomic E-state index is 0.0994. The number of piperidine rings is 2. The molecule has 0 atom stereocenters. The summed E-state index contributed by atoms with van der Waals surface area (Å²) in [6, 6.07) is 9.90. The molecule has 2 saturated heterocycles. The number of amides is 1. The summed E-state index contributed by atoms with van der Waals surface area (Å²) in [5.74, 6) is 0.818. The lowest BCUT2D eigenvalue weighted by atomic mass is 10.0. The number of likely N-dealkylation sites (tertiary alicyclic amines) is 2. The summed E-state index contributed by atoms with van der Waals surface area (Å²) in [5, 5.41) is 4.74. The summed E-state index contributed by atoms with van der Waals surface area (Å²) in [6.07, 6.45) is 7.17. The largest absolute Gasteiger partial charge is 0.367 e. The molecule has 30 heavy (non-hydrogen) atoms.